The lowest BCUT2D eigenvalue weighted by molar-refractivity contribution is 0.0948. The molecule has 8 heteroatoms. The minimum absolute atomic E-state index is 0.101. The number of hydrogen-bond donors (Lipinski definition) is 3. The van der Waals surface area contributed by atoms with E-state index in [2.05, 4.69) is 20.2 Å². The number of aromatic amines is 1. The number of carbonyl (C=O) groups excluding carboxylic acids is 1. The first-order valence-electron chi connectivity index (χ1n) is 7.59. The maximum Gasteiger partial charge on any atom is 0.272 e. The molecule has 24 heavy (non-hydrogen) atoms. The van der Waals surface area contributed by atoms with Crippen LogP contribution < -0.4 is 10.0 Å². The summed E-state index contributed by atoms with van der Waals surface area (Å²) in [6.07, 6.45) is 0. The van der Waals surface area contributed by atoms with E-state index < -0.39 is 10.0 Å². The van der Waals surface area contributed by atoms with E-state index >= 15 is 0 Å². The number of H-pyrrole nitrogens is 1. The zero-order valence-corrected chi connectivity index (χ0v) is 15.0. The smallest absolute Gasteiger partial charge is 0.272 e. The predicted octanol–water partition coefficient (Wildman–Crippen LogP) is 1.35. The number of nitrogens with zero attached hydrogens (tertiary/aromatic N) is 1. The summed E-state index contributed by atoms with van der Waals surface area (Å²) in [7, 11) is -3.60. The van der Waals surface area contributed by atoms with Gasteiger partial charge < -0.3 is 5.32 Å². The molecule has 2 aromatic rings. The molecule has 1 heterocycles. The van der Waals surface area contributed by atoms with Crippen molar-refractivity contribution in [2.75, 3.05) is 13.1 Å². The molecular formula is C16H22N4O3S. The number of sulfonamides is 1. The summed E-state index contributed by atoms with van der Waals surface area (Å²) in [5.41, 5.74) is 3.49. The summed E-state index contributed by atoms with van der Waals surface area (Å²) < 4.78 is 27.2. The molecule has 0 aliphatic carbocycles. The van der Waals surface area contributed by atoms with E-state index in [1.807, 2.05) is 19.9 Å². The summed E-state index contributed by atoms with van der Waals surface area (Å²) in [5.74, 6) is -0.331. The van der Waals surface area contributed by atoms with E-state index in [0.29, 0.717) is 11.3 Å². The number of carbonyl (C=O) groups is 1. The SMILES string of the molecule is Cc1ccc(C)c(S(=O)(=O)NCCNC(=O)c2n[nH]c(C)c2C)c1. The van der Waals surface area contributed by atoms with Gasteiger partial charge in [-0.1, -0.05) is 12.1 Å². The Balaban J connectivity index is 1.93. The molecule has 1 aromatic carbocycles. The molecule has 0 aliphatic rings. The van der Waals surface area contributed by atoms with Gasteiger partial charge in [-0.3, -0.25) is 9.89 Å². The average molecular weight is 350 g/mol. The third-order valence-corrected chi connectivity index (χ3v) is 5.41. The van der Waals surface area contributed by atoms with E-state index in [9.17, 15) is 13.2 Å². The van der Waals surface area contributed by atoms with Crippen LogP contribution in [0.1, 0.15) is 32.9 Å². The van der Waals surface area contributed by atoms with Crippen LogP contribution in [0.25, 0.3) is 0 Å². The van der Waals surface area contributed by atoms with Gasteiger partial charge in [0.2, 0.25) is 10.0 Å². The van der Waals surface area contributed by atoms with Crippen LogP contribution in [-0.4, -0.2) is 37.6 Å². The molecule has 0 spiro atoms. The van der Waals surface area contributed by atoms with E-state index in [0.717, 1.165) is 16.8 Å². The Bertz CT molecular complexity index is 856. The highest BCUT2D eigenvalue weighted by molar-refractivity contribution is 7.89. The molecule has 0 atom stereocenters. The highest BCUT2D eigenvalue weighted by Crippen LogP contribution is 2.16. The molecular weight excluding hydrogens is 328 g/mol. The van der Waals surface area contributed by atoms with Crippen molar-refractivity contribution in [1.82, 2.24) is 20.2 Å². The van der Waals surface area contributed by atoms with Crippen molar-refractivity contribution in [3.05, 3.63) is 46.3 Å². The van der Waals surface area contributed by atoms with Crippen LogP contribution in [0, 0.1) is 27.7 Å². The monoisotopic (exact) mass is 350 g/mol. The maximum absolute atomic E-state index is 12.3. The number of rotatable bonds is 6. The molecule has 7 nitrogen and oxygen atoms in total. The molecule has 0 saturated heterocycles. The summed E-state index contributed by atoms with van der Waals surface area (Å²) in [6, 6.07) is 5.27. The lowest BCUT2D eigenvalue weighted by Crippen LogP contribution is -2.35. The Labute approximate surface area is 141 Å². The van der Waals surface area contributed by atoms with Crippen molar-refractivity contribution >= 4 is 15.9 Å². The first-order valence-corrected chi connectivity index (χ1v) is 9.07. The van der Waals surface area contributed by atoms with Gasteiger partial charge in [0.25, 0.3) is 5.91 Å². The molecule has 2 rings (SSSR count). The van der Waals surface area contributed by atoms with Gasteiger partial charge in [-0.2, -0.15) is 5.10 Å². The van der Waals surface area contributed by atoms with Crippen molar-refractivity contribution in [2.24, 2.45) is 0 Å². The van der Waals surface area contributed by atoms with Crippen LogP contribution in [0.2, 0.25) is 0 Å². The first-order chi connectivity index (χ1) is 11.2. The van der Waals surface area contributed by atoms with E-state index in [1.165, 1.54) is 0 Å². The zero-order chi connectivity index (χ0) is 17.9. The molecule has 0 unspecified atom stereocenters. The number of aromatic nitrogens is 2. The summed E-state index contributed by atoms with van der Waals surface area (Å²) >= 11 is 0. The second kappa shape index (κ2) is 7.14. The van der Waals surface area contributed by atoms with Crippen molar-refractivity contribution in [1.29, 1.82) is 0 Å². The fourth-order valence-corrected chi connectivity index (χ4v) is 3.59. The number of benzene rings is 1. The van der Waals surface area contributed by atoms with Crippen molar-refractivity contribution in [3.63, 3.8) is 0 Å². The number of aryl methyl sites for hydroxylation is 3. The predicted molar refractivity (Wildman–Crippen MR) is 91.5 cm³/mol. The number of nitrogens with one attached hydrogen (secondary N) is 3. The van der Waals surface area contributed by atoms with Crippen molar-refractivity contribution in [2.45, 2.75) is 32.6 Å². The van der Waals surface area contributed by atoms with Crippen LogP contribution in [0.3, 0.4) is 0 Å². The standard InChI is InChI=1S/C16H22N4O3S/c1-10-5-6-11(2)14(9-10)24(22,23)18-8-7-17-16(21)15-12(3)13(4)19-20-15/h5-6,9,18H,7-8H2,1-4H3,(H,17,21)(H,19,20). The number of hydrogen-bond acceptors (Lipinski definition) is 4. The van der Waals surface area contributed by atoms with Gasteiger partial charge in [-0.15, -0.1) is 0 Å². The molecule has 0 fully saturated rings. The van der Waals surface area contributed by atoms with E-state index in [4.69, 9.17) is 0 Å². The molecule has 0 radical (unpaired) electrons. The molecule has 3 N–H and O–H groups in total. The summed E-state index contributed by atoms with van der Waals surface area (Å²) in [5, 5.41) is 9.33. The normalized spacial score (nSPS) is 11.5. The van der Waals surface area contributed by atoms with Crippen molar-refractivity contribution < 1.29 is 13.2 Å². The van der Waals surface area contributed by atoms with Crippen molar-refractivity contribution in [3.8, 4) is 0 Å². The summed E-state index contributed by atoms with van der Waals surface area (Å²) in [6.45, 7) is 7.50. The Morgan fingerprint density at radius 1 is 1.17 bits per heavy atom. The highest BCUT2D eigenvalue weighted by Gasteiger charge is 2.17. The van der Waals surface area contributed by atoms with Gasteiger partial charge in [0.1, 0.15) is 0 Å². The van der Waals surface area contributed by atoms with Crippen LogP contribution in [0.15, 0.2) is 23.1 Å². The Hall–Kier alpha value is -2.19. The quantitative estimate of drug-likeness (QED) is 0.684. The fourth-order valence-electron chi connectivity index (χ4n) is 2.23. The third-order valence-electron chi connectivity index (χ3n) is 3.80. The molecule has 130 valence electrons. The first kappa shape index (κ1) is 18.2. The van der Waals surface area contributed by atoms with E-state index in [-0.39, 0.29) is 23.9 Å². The lowest BCUT2D eigenvalue weighted by Gasteiger charge is -2.10. The lowest BCUT2D eigenvalue weighted by atomic mass is 10.2. The highest BCUT2D eigenvalue weighted by atomic mass is 32.2. The minimum atomic E-state index is -3.60. The molecule has 0 aliphatic heterocycles. The van der Waals surface area contributed by atoms with Gasteiger partial charge >= 0.3 is 0 Å². The van der Waals surface area contributed by atoms with Crippen LogP contribution >= 0.6 is 0 Å². The van der Waals surface area contributed by atoms with Gasteiger partial charge in [-0.25, -0.2) is 13.1 Å². The molecule has 0 saturated carbocycles. The minimum Gasteiger partial charge on any atom is -0.349 e. The largest absolute Gasteiger partial charge is 0.349 e. The zero-order valence-electron chi connectivity index (χ0n) is 14.2. The molecule has 1 amide bonds. The topological polar surface area (TPSA) is 104 Å². The summed E-state index contributed by atoms with van der Waals surface area (Å²) in [4.78, 5) is 12.3. The Morgan fingerprint density at radius 2 is 1.88 bits per heavy atom. The Kier molecular flexibility index (Phi) is 5.40. The van der Waals surface area contributed by atoms with Gasteiger partial charge in [-0.05, 0) is 44.9 Å². The van der Waals surface area contributed by atoms with Crippen LogP contribution in [0.4, 0.5) is 0 Å². The molecule has 0 bridgehead atoms. The van der Waals surface area contributed by atoms with Gasteiger partial charge in [0, 0.05) is 24.3 Å². The number of amides is 1. The van der Waals surface area contributed by atoms with Crippen LogP contribution in [0.5, 0.6) is 0 Å². The third kappa shape index (κ3) is 4.01. The Morgan fingerprint density at radius 3 is 2.50 bits per heavy atom. The van der Waals surface area contributed by atoms with Gasteiger partial charge in [0.15, 0.2) is 5.69 Å². The fraction of sp³-hybridized carbons (Fsp3) is 0.375. The second-order valence-electron chi connectivity index (χ2n) is 5.74. The van der Waals surface area contributed by atoms with Gasteiger partial charge in [0.05, 0.1) is 4.90 Å². The van der Waals surface area contributed by atoms with E-state index in [1.54, 1.807) is 26.0 Å². The molecule has 1 aromatic heterocycles. The maximum atomic E-state index is 12.3. The average Bonchev–Trinajstić information content (AvgIpc) is 2.85. The second-order valence-corrected chi connectivity index (χ2v) is 7.48. The van der Waals surface area contributed by atoms with Crippen LogP contribution in [-0.2, 0) is 10.0 Å².